The summed E-state index contributed by atoms with van der Waals surface area (Å²) in [5, 5.41) is 0.757. The standard InChI is InChI=1S/C30H28ClNO6/c1-5-6-13-37-24-11-8-18(15-25(24)36-4)27-26-28(33)20-14-17(2)7-10-22(20)38-29(26)30(34)32(27)19-9-12-23(35-3)21(31)16-19/h7-12,14-16,27H,5-6,13H2,1-4H3. The number of aryl methyl sites for hydroxylation is 1. The Morgan fingerprint density at radius 3 is 2.42 bits per heavy atom. The number of hydrogen-bond donors (Lipinski definition) is 0. The number of rotatable bonds is 8. The summed E-state index contributed by atoms with van der Waals surface area (Å²) in [4.78, 5) is 29.3. The van der Waals surface area contributed by atoms with Crippen molar-refractivity contribution in [3.8, 4) is 17.2 Å². The molecule has 7 nitrogen and oxygen atoms in total. The SMILES string of the molecule is CCCCOc1ccc(C2c3c(oc4ccc(C)cc4c3=O)C(=O)N2c2ccc(OC)c(Cl)c2)cc1OC. The Hall–Kier alpha value is -3.97. The first-order valence-corrected chi connectivity index (χ1v) is 12.8. The molecule has 1 aliphatic heterocycles. The lowest BCUT2D eigenvalue weighted by Crippen LogP contribution is -2.29. The van der Waals surface area contributed by atoms with Gasteiger partial charge in [-0.15, -0.1) is 0 Å². The Morgan fingerprint density at radius 2 is 1.71 bits per heavy atom. The third kappa shape index (κ3) is 4.37. The van der Waals surface area contributed by atoms with Crippen molar-refractivity contribution in [2.75, 3.05) is 25.7 Å². The Labute approximate surface area is 225 Å². The van der Waals surface area contributed by atoms with Crippen LogP contribution in [0.2, 0.25) is 5.02 Å². The second kappa shape index (κ2) is 10.4. The quantitative estimate of drug-likeness (QED) is 0.234. The first kappa shape index (κ1) is 25.7. The maximum Gasteiger partial charge on any atom is 0.295 e. The molecule has 1 unspecified atom stereocenters. The molecule has 196 valence electrons. The fourth-order valence-electron chi connectivity index (χ4n) is 4.77. The van der Waals surface area contributed by atoms with Gasteiger partial charge in [0.25, 0.3) is 5.91 Å². The zero-order valence-electron chi connectivity index (χ0n) is 21.7. The topological polar surface area (TPSA) is 78.2 Å². The van der Waals surface area contributed by atoms with Crippen LogP contribution in [-0.4, -0.2) is 26.7 Å². The summed E-state index contributed by atoms with van der Waals surface area (Å²) in [5.74, 6) is 1.14. The number of anilines is 1. The Balaban J connectivity index is 1.72. The normalized spacial score (nSPS) is 14.6. The molecule has 1 amide bonds. The van der Waals surface area contributed by atoms with Crippen LogP contribution in [0.5, 0.6) is 17.2 Å². The monoisotopic (exact) mass is 533 g/mol. The minimum absolute atomic E-state index is 0.00512. The van der Waals surface area contributed by atoms with Crippen molar-refractivity contribution in [2.24, 2.45) is 0 Å². The highest BCUT2D eigenvalue weighted by molar-refractivity contribution is 6.32. The van der Waals surface area contributed by atoms with Crippen LogP contribution in [0.1, 0.15) is 53.1 Å². The molecule has 1 aromatic heterocycles. The number of carbonyl (C=O) groups is 1. The molecule has 3 aromatic carbocycles. The molecule has 0 fully saturated rings. The predicted octanol–water partition coefficient (Wildman–Crippen LogP) is 6.70. The number of halogens is 1. The van der Waals surface area contributed by atoms with Gasteiger partial charge in [0, 0.05) is 5.69 Å². The van der Waals surface area contributed by atoms with Gasteiger partial charge in [-0.2, -0.15) is 0 Å². The summed E-state index contributed by atoms with van der Waals surface area (Å²) in [6.07, 6.45) is 1.92. The second-order valence-electron chi connectivity index (χ2n) is 9.18. The van der Waals surface area contributed by atoms with Gasteiger partial charge in [-0.1, -0.05) is 42.6 Å². The van der Waals surface area contributed by atoms with E-state index < -0.39 is 11.9 Å². The molecule has 1 atom stereocenters. The number of carbonyl (C=O) groups excluding carboxylic acids is 1. The van der Waals surface area contributed by atoms with E-state index in [0.717, 1.165) is 18.4 Å². The van der Waals surface area contributed by atoms with Crippen molar-refractivity contribution in [3.05, 3.63) is 92.3 Å². The van der Waals surface area contributed by atoms with Crippen LogP contribution in [0.3, 0.4) is 0 Å². The largest absolute Gasteiger partial charge is 0.495 e. The van der Waals surface area contributed by atoms with Gasteiger partial charge in [0.2, 0.25) is 5.76 Å². The first-order valence-electron chi connectivity index (χ1n) is 12.4. The van der Waals surface area contributed by atoms with Crippen molar-refractivity contribution in [1.29, 1.82) is 0 Å². The number of amides is 1. The van der Waals surface area contributed by atoms with Gasteiger partial charge in [0.05, 0.1) is 42.8 Å². The first-order chi connectivity index (χ1) is 18.4. The number of nitrogens with zero attached hydrogens (tertiary/aromatic N) is 1. The van der Waals surface area contributed by atoms with Crippen LogP contribution in [0, 0.1) is 6.92 Å². The number of hydrogen-bond acceptors (Lipinski definition) is 6. The van der Waals surface area contributed by atoms with E-state index in [1.165, 1.54) is 12.0 Å². The van der Waals surface area contributed by atoms with E-state index in [4.69, 9.17) is 30.2 Å². The van der Waals surface area contributed by atoms with E-state index in [1.807, 2.05) is 19.1 Å². The summed E-state index contributed by atoms with van der Waals surface area (Å²) >= 11 is 6.44. The molecule has 4 aromatic rings. The predicted molar refractivity (Wildman–Crippen MR) is 147 cm³/mol. The molecule has 0 bridgehead atoms. The average molecular weight is 534 g/mol. The summed E-state index contributed by atoms with van der Waals surface area (Å²) in [7, 11) is 3.08. The van der Waals surface area contributed by atoms with E-state index in [2.05, 4.69) is 6.92 Å². The molecular weight excluding hydrogens is 506 g/mol. The molecule has 0 radical (unpaired) electrons. The third-order valence-corrected chi connectivity index (χ3v) is 6.99. The van der Waals surface area contributed by atoms with E-state index in [1.54, 1.807) is 49.6 Å². The molecule has 0 N–H and O–H groups in total. The van der Waals surface area contributed by atoms with Crippen LogP contribution in [-0.2, 0) is 0 Å². The fourth-order valence-corrected chi connectivity index (χ4v) is 5.03. The van der Waals surface area contributed by atoms with Crippen molar-refractivity contribution in [1.82, 2.24) is 0 Å². The lowest BCUT2D eigenvalue weighted by molar-refractivity contribution is 0.0971. The highest BCUT2D eigenvalue weighted by Gasteiger charge is 2.44. The summed E-state index contributed by atoms with van der Waals surface area (Å²) in [5.41, 5.74) is 2.45. The van der Waals surface area contributed by atoms with E-state index in [9.17, 15) is 9.59 Å². The van der Waals surface area contributed by atoms with Crippen molar-refractivity contribution >= 4 is 34.2 Å². The molecular formula is C30H28ClNO6. The average Bonchev–Trinajstić information content (AvgIpc) is 3.21. The van der Waals surface area contributed by atoms with Crippen molar-refractivity contribution in [3.63, 3.8) is 0 Å². The highest BCUT2D eigenvalue weighted by Crippen LogP contribution is 2.44. The smallest absolute Gasteiger partial charge is 0.295 e. The molecule has 2 heterocycles. The molecule has 8 heteroatoms. The maximum atomic E-state index is 13.9. The molecule has 1 aliphatic rings. The van der Waals surface area contributed by atoms with Gasteiger partial charge in [-0.25, -0.2) is 0 Å². The third-order valence-electron chi connectivity index (χ3n) is 6.70. The van der Waals surface area contributed by atoms with Gasteiger partial charge in [0.15, 0.2) is 16.9 Å². The molecule has 0 aliphatic carbocycles. The van der Waals surface area contributed by atoms with Gasteiger partial charge in [-0.3, -0.25) is 14.5 Å². The zero-order chi connectivity index (χ0) is 27.0. The van der Waals surface area contributed by atoms with Crippen LogP contribution < -0.4 is 24.5 Å². The van der Waals surface area contributed by atoms with Gasteiger partial charge >= 0.3 is 0 Å². The fraction of sp³-hybridized carbons (Fsp3) is 0.267. The Kier molecular flexibility index (Phi) is 7.04. The summed E-state index contributed by atoms with van der Waals surface area (Å²) in [6.45, 7) is 4.56. The van der Waals surface area contributed by atoms with E-state index >= 15 is 0 Å². The zero-order valence-corrected chi connectivity index (χ0v) is 22.4. The number of methoxy groups -OCH3 is 2. The van der Waals surface area contributed by atoms with Gasteiger partial charge in [-0.05, 0) is 61.4 Å². The molecule has 5 rings (SSSR count). The van der Waals surface area contributed by atoms with Crippen molar-refractivity contribution in [2.45, 2.75) is 32.7 Å². The molecule has 0 saturated carbocycles. The minimum Gasteiger partial charge on any atom is -0.495 e. The lowest BCUT2D eigenvalue weighted by Gasteiger charge is -2.26. The number of fused-ring (bicyclic) bond motifs is 2. The van der Waals surface area contributed by atoms with E-state index in [-0.39, 0.29) is 16.8 Å². The number of ether oxygens (including phenoxy) is 3. The number of unbranched alkanes of at least 4 members (excludes halogenated alkanes) is 1. The van der Waals surface area contributed by atoms with Crippen LogP contribution in [0.4, 0.5) is 5.69 Å². The molecule has 0 spiro atoms. The van der Waals surface area contributed by atoms with Crippen LogP contribution >= 0.6 is 11.6 Å². The number of benzene rings is 3. The maximum absolute atomic E-state index is 13.9. The summed E-state index contributed by atoms with van der Waals surface area (Å²) in [6, 6.07) is 15.1. The Bertz CT molecular complexity index is 1590. The van der Waals surface area contributed by atoms with Gasteiger partial charge in [0.1, 0.15) is 11.3 Å². The lowest BCUT2D eigenvalue weighted by atomic mass is 9.97. The van der Waals surface area contributed by atoms with E-state index in [0.29, 0.717) is 51.1 Å². The van der Waals surface area contributed by atoms with Crippen molar-refractivity contribution < 1.29 is 23.4 Å². The molecule has 0 saturated heterocycles. The van der Waals surface area contributed by atoms with Gasteiger partial charge < -0.3 is 18.6 Å². The van der Waals surface area contributed by atoms with Crippen LogP contribution in [0.15, 0.2) is 63.8 Å². The minimum atomic E-state index is -0.776. The van der Waals surface area contributed by atoms with Crippen LogP contribution in [0.25, 0.3) is 11.0 Å². The second-order valence-corrected chi connectivity index (χ2v) is 9.59. The molecule has 38 heavy (non-hydrogen) atoms. The summed E-state index contributed by atoms with van der Waals surface area (Å²) < 4.78 is 22.9. The Morgan fingerprint density at radius 1 is 0.947 bits per heavy atom. The highest BCUT2D eigenvalue weighted by atomic mass is 35.5.